The predicted molar refractivity (Wildman–Crippen MR) is 145 cm³/mol. The van der Waals surface area contributed by atoms with Crippen LogP contribution in [-0.2, 0) is 22.4 Å². The number of benzene rings is 1. The Morgan fingerprint density at radius 2 is 1.97 bits per heavy atom. The second kappa shape index (κ2) is 13.4. The van der Waals surface area contributed by atoms with Crippen LogP contribution in [0.25, 0.3) is 0 Å². The number of nitrogens with zero attached hydrogens (tertiary/aromatic N) is 2. The summed E-state index contributed by atoms with van der Waals surface area (Å²) in [4.78, 5) is 21.7. The molecule has 3 atom stereocenters. The van der Waals surface area contributed by atoms with E-state index >= 15 is 0 Å². The first-order chi connectivity index (χ1) is 17.8. The van der Waals surface area contributed by atoms with Crippen LogP contribution in [0.5, 0.6) is 0 Å². The SMILES string of the molecule is C[C@@H](Nc1nc(Cl)nc2c1C[C@@H](CCC(=O)CC1CCCCOCC1)CC2)c1cccc(C(F)F)c1Br. The van der Waals surface area contributed by atoms with Crippen molar-refractivity contribution in [2.24, 2.45) is 11.8 Å². The van der Waals surface area contributed by atoms with Crippen molar-refractivity contribution in [3.05, 3.63) is 50.3 Å². The van der Waals surface area contributed by atoms with Crippen molar-refractivity contribution in [2.45, 2.75) is 83.6 Å². The van der Waals surface area contributed by atoms with Crippen molar-refractivity contribution in [1.82, 2.24) is 9.97 Å². The average molecular weight is 599 g/mol. The van der Waals surface area contributed by atoms with Crippen molar-refractivity contribution >= 4 is 39.1 Å². The van der Waals surface area contributed by atoms with E-state index in [1.54, 1.807) is 6.07 Å². The molecular formula is C28H35BrClF2N3O2. The number of fused-ring (bicyclic) bond motifs is 1. The Morgan fingerprint density at radius 3 is 2.78 bits per heavy atom. The minimum atomic E-state index is -2.56. The number of hydrogen-bond donors (Lipinski definition) is 1. The van der Waals surface area contributed by atoms with Crippen LogP contribution in [0.2, 0.25) is 5.28 Å². The number of Topliss-reactive ketones (excluding diaryl/α,β-unsaturated/α-hetero) is 1. The highest BCUT2D eigenvalue weighted by Gasteiger charge is 2.26. The first-order valence-electron chi connectivity index (χ1n) is 13.3. The zero-order valence-electron chi connectivity index (χ0n) is 21.2. The van der Waals surface area contributed by atoms with Gasteiger partial charge in [-0.25, -0.2) is 18.7 Å². The third kappa shape index (κ3) is 7.70. The van der Waals surface area contributed by atoms with Gasteiger partial charge in [-0.2, -0.15) is 0 Å². The molecule has 1 aromatic heterocycles. The summed E-state index contributed by atoms with van der Waals surface area (Å²) in [6, 6.07) is 4.60. The molecule has 1 fully saturated rings. The molecule has 0 spiro atoms. The summed E-state index contributed by atoms with van der Waals surface area (Å²) in [7, 11) is 0. The number of ether oxygens (including phenoxy) is 1. The van der Waals surface area contributed by atoms with Gasteiger partial charge in [0.05, 0.1) is 11.7 Å². The smallest absolute Gasteiger partial charge is 0.264 e. The molecule has 1 aromatic carbocycles. The lowest BCUT2D eigenvalue weighted by molar-refractivity contribution is -0.120. The van der Waals surface area contributed by atoms with Gasteiger partial charge in [-0.1, -0.05) is 24.6 Å². The molecule has 1 N–H and O–H groups in total. The lowest BCUT2D eigenvalue weighted by Gasteiger charge is -2.27. The quantitative estimate of drug-likeness (QED) is 0.296. The molecule has 1 aliphatic heterocycles. The number of ketones is 1. The molecule has 2 heterocycles. The van der Waals surface area contributed by atoms with Gasteiger partial charge in [0, 0.05) is 41.7 Å². The molecule has 202 valence electrons. The number of carbonyl (C=O) groups excluding carboxylic acids is 1. The highest BCUT2D eigenvalue weighted by molar-refractivity contribution is 9.10. The summed E-state index contributed by atoms with van der Waals surface area (Å²) < 4.78 is 32.8. The standard InChI is InChI=1S/C28H35BrClF2N3O2/c1-17(21-6-4-7-22(25(21)29)26(31)32)33-27-23-16-19(9-11-24(23)34-28(30)35-27)8-10-20(36)15-18-5-2-3-13-37-14-12-18/h4,6-7,17-19,26H,2-3,5,8-16H2,1H3,(H,33,34,35)/t17-,18?,19+/m1/s1. The molecule has 9 heteroatoms. The van der Waals surface area contributed by atoms with Crippen LogP contribution in [0.4, 0.5) is 14.6 Å². The van der Waals surface area contributed by atoms with Crippen LogP contribution >= 0.6 is 27.5 Å². The van der Waals surface area contributed by atoms with E-state index in [0.717, 1.165) is 81.4 Å². The second-order valence-electron chi connectivity index (χ2n) is 10.3. The van der Waals surface area contributed by atoms with E-state index in [4.69, 9.17) is 16.3 Å². The van der Waals surface area contributed by atoms with Gasteiger partial charge in [-0.05, 0) is 96.8 Å². The van der Waals surface area contributed by atoms with Crippen molar-refractivity contribution in [2.75, 3.05) is 18.5 Å². The lowest BCUT2D eigenvalue weighted by atomic mass is 9.82. The molecule has 0 radical (unpaired) electrons. The van der Waals surface area contributed by atoms with E-state index in [1.807, 2.05) is 13.0 Å². The van der Waals surface area contributed by atoms with E-state index in [2.05, 4.69) is 31.2 Å². The molecule has 0 saturated carbocycles. The molecule has 5 nitrogen and oxygen atoms in total. The van der Waals surface area contributed by atoms with E-state index in [1.165, 1.54) is 6.07 Å². The Bertz CT molecular complexity index is 1080. The maximum absolute atomic E-state index is 13.4. The maximum atomic E-state index is 13.4. The first kappa shape index (κ1) is 28.4. The number of anilines is 1. The fourth-order valence-electron chi connectivity index (χ4n) is 5.50. The van der Waals surface area contributed by atoms with Crippen LogP contribution in [0, 0.1) is 11.8 Å². The van der Waals surface area contributed by atoms with Crippen LogP contribution in [0.3, 0.4) is 0 Å². The van der Waals surface area contributed by atoms with Crippen LogP contribution in [-0.4, -0.2) is 29.0 Å². The highest BCUT2D eigenvalue weighted by Crippen LogP contribution is 2.37. The van der Waals surface area contributed by atoms with Gasteiger partial charge in [-0.3, -0.25) is 4.79 Å². The lowest BCUT2D eigenvalue weighted by Crippen LogP contribution is -2.21. The Balaban J connectivity index is 1.40. The van der Waals surface area contributed by atoms with Gasteiger partial charge in [0.25, 0.3) is 6.43 Å². The molecule has 0 amide bonds. The van der Waals surface area contributed by atoms with E-state index in [9.17, 15) is 13.6 Å². The summed E-state index contributed by atoms with van der Waals surface area (Å²) in [5, 5.41) is 3.57. The topological polar surface area (TPSA) is 64.1 Å². The van der Waals surface area contributed by atoms with Gasteiger partial charge < -0.3 is 10.1 Å². The predicted octanol–water partition coefficient (Wildman–Crippen LogP) is 8.05. The van der Waals surface area contributed by atoms with Crippen LogP contribution in [0.1, 0.15) is 93.1 Å². The normalized spacial score (nSPS) is 21.1. The zero-order chi connectivity index (χ0) is 26.4. The number of rotatable bonds is 9. The Kier molecular flexibility index (Phi) is 10.3. The summed E-state index contributed by atoms with van der Waals surface area (Å²) in [6.45, 7) is 3.52. The number of aryl methyl sites for hydroxylation is 1. The molecule has 4 rings (SSSR count). The van der Waals surface area contributed by atoms with E-state index < -0.39 is 6.43 Å². The molecule has 1 unspecified atom stereocenters. The van der Waals surface area contributed by atoms with Gasteiger partial charge in [0.15, 0.2) is 0 Å². The van der Waals surface area contributed by atoms with Crippen molar-refractivity contribution in [3.63, 3.8) is 0 Å². The third-order valence-corrected chi connectivity index (χ3v) is 8.71. The zero-order valence-corrected chi connectivity index (χ0v) is 23.6. The van der Waals surface area contributed by atoms with Gasteiger partial charge in [0.1, 0.15) is 11.6 Å². The maximum Gasteiger partial charge on any atom is 0.264 e. The number of carbonyl (C=O) groups is 1. The second-order valence-corrected chi connectivity index (χ2v) is 11.5. The highest BCUT2D eigenvalue weighted by atomic mass is 79.9. The Labute approximate surface area is 231 Å². The summed E-state index contributed by atoms with van der Waals surface area (Å²) >= 11 is 9.59. The molecular weight excluding hydrogens is 564 g/mol. The summed E-state index contributed by atoms with van der Waals surface area (Å²) in [6.07, 6.45) is 6.36. The molecule has 1 aliphatic carbocycles. The van der Waals surface area contributed by atoms with Crippen LogP contribution < -0.4 is 5.32 Å². The molecule has 2 aliphatic rings. The third-order valence-electron chi connectivity index (χ3n) is 7.63. The molecule has 0 bridgehead atoms. The Hall–Kier alpha value is -1.64. The first-order valence-corrected chi connectivity index (χ1v) is 14.5. The Morgan fingerprint density at radius 1 is 1.16 bits per heavy atom. The summed E-state index contributed by atoms with van der Waals surface area (Å²) in [5.74, 6) is 1.80. The van der Waals surface area contributed by atoms with E-state index in [-0.39, 0.29) is 16.9 Å². The number of aromatic nitrogens is 2. The minimum absolute atomic E-state index is 0.0365. The van der Waals surface area contributed by atoms with Crippen molar-refractivity contribution in [1.29, 1.82) is 0 Å². The average Bonchev–Trinajstić information content (AvgIpc) is 2.84. The number of alkyl halides is 2. The molecule has 37 heavy (non-hydrogen) atoms. The number of halogens is 4. The minimum Gasteiger partial charge on any atom is -0.381 e. The fraction of sp³-hybridized carbons (Fsp3) is 0.607. The summed E-state index contributed by atoms with van der Waals surface area (Å²) in [5.41, 5.74) is 2.62. The van der Waals surface area contributed by atoms with Gasteiger partial charge in [0.2, 0.25) is 5.28 Å². The van der Waals surface area contributed by atoms with E-state index in [0.29, 0.717) is 40.8 Å². The molecule has 2 aromatic rings. The monoisotopic (exact) mass is 597 g/mol. The molecule has 1 saturated heterocycles. The van der Waals surface area contributed by atoms with Gasteiger partial charge >= 0.3 is 0 Å². The van der Waals surface area contributed by atoms with Crippen molar-refractivity contribution in [3.8, 4) is 0 Å². The van der Waals surface area contributed by atoms with Crippen LogP contribution in [0.15, 0.2) is 22.7 Å². The largest absolute Gasteiger partial charge is 0.381 e. The van der Waals surface area contributed by atoms with Crippen molar-refractivity contribution < 1.29 is 18.3 Å². The number of nitrogens with one attached hydrogen (secondary N) is 1. The number of hydrogen-bond acceptors (Lipinski definition) is 5. The van der Waals surface area contributed by atoms with Gasteiger partial charge in [-0.15, -0.1) is 0 Å². The fourth-order valence-corrected chi connectivity index (χ4v) is 6.47.